The fraction of sp³-hybridized carbons (Fsp3) is 0.250. The zero-order valence-corrected chi connectivity index (χ0v) is 10.3. The van der Waals surface area contributed by atoms with Crippen LogP contribution in [-0.4, -0.2) is 23.9 Å². The SMILES string of the molecule is O=C(c1cc(F)c(F)c(F)c1F)N1CCC=C(Cl)C1. The highest BCUT2D eigenvalue weighted by Crippen LogP contribution is 2.22. The zero-order valence-electron chi connectivity index (χ0n) is 9.52. The molecule has 7 heteroatoms. The predicted octanol–water partition coefficient (Wildman–Crippen LogP) is 3.21. The summed E-state index contributed by atoms with van der Waals surface area (Å²) in [6.45, 7) is 0.273. The summed E-state index contributed by atoms with van der Waals surface area (Å²) in [6.07, 6.45) is 2.14. The Hall–Kier alpha value is -1.56. The van der Waals surface area contributed by atoms with Crippen LogP contribution in [0, 0.1) is 23.3 Å². The predicted molar refractivity (Wildman–Crippen MR) is 60.7 cm³/mol. The van der Waals surface area contributed by atoms with Crippen LogP contribution >= 0.6 is 11.6 Å². The third-order valence-corrected chi connectivity index (χ3v) is 3.00. The van der Waals surface area contributed by atoms with Gasteiger partial charge in [0.25, 0.3) is 5.91 Å². The maximum atomic E-state index is 13.5. The Balaban J connectivity index is 2.37. The van der Waals surface area contributed by atoms with Gasteiger partial charge in [-0.05, 0) is 12.5 Å². The second-order valence-electron chi connectivity index (χ2n) is 4.01. The summed E-state index contributed by atoms with van der Waals surface area (Å²) >= 11 is 5.74. The van der Waals surface area contributed by atoms with Gasteiger partial charge in [-0.25, -0.2) is 17.6 Å². The number of rotatable bonds is 1. The van der Waals surface area contributed by atoms with Crippen LogP contribution in [0.4, 0.5) is 17.6 Å². The first-order valence-electron chi connectivity index (χ1n) is 5.38. The molecule has 0 unspecified atom stereocenters. The molecule has 1 aromatic carbocycles. The molecule has 19 heavy (non-hydrogen) atoms. The summed E-state index contributed by atoms with van der Waals surface area (Å²) in [6, 6.07) is 0.350. The lowest BCUT2D eigenvalue weighted by atomic mass is 10.1. The van der Waals surface area contributed by atoms with Gasteiger partial charge in [0.2, 0.25) is 0 Å². The highest BCUT2D eigenvalue weighted by molar-refractivity contribution is 6.30. The van der Waals surface area contributed by atoms with Crippen LogP contribution in [-0.2, 0) is 0 Å². The summed E-state index contributed by atoms with van der Waals surface area (Å²) in [7, 11) is 0. The molecule has 1 aliphatic heterocycles. The van der Waals surface area contributed by atoms with Gasteiger partial charge in [0.1, 0.15) is 0 Å². The molecule has 0 bridgehead atoms. The van der Waals surface area contributed by atoms with Crippen LogP contribution in [0.2, 0.25) is 0 Å². The average Bonchev–Trinajstić information content (AvgIpc) is 2.40. The van der Waals surface area contributed by atoms with Gasteiger partial charge in [0, 0.05) is 11.6 Å². The minimum atomic E-state index is -2.00. The van der Waals surface area contributed by atoms with Crippen LogP contribution in [0.5, 0.6) is 0 Å². The summed E-state index contributed by atoms with van der Waals surface area (Å²) in [5.41, 5.74) is -0.845. The molecule has 0 N–H and O–H groups in total. The molecule has 0 atom stereocenters. The van der Waals surface area contributed by atoms with Gasteiger partial charge < -0.3 is 4.90 Å². The first-order valence-corrected chi connectivity index (χ1v) is 5.76. The number of hydrogen-bond acceptors (Lipinski definition) is 1. The highest BCUT2D eigenvalue weighted by atomic mass is 35.5. The molecule has 1 amide bonds. The van der Waals surface area contributed by atoms with Gasteiger partial charge in [-0.3, -0.25) is 4.79 Å². The van der Waals surface area contributed by atoms with E-state index in [4.69, 9.17) is 11.6 Å². The van der Waals surface area contributed by atoms with E-state index in [1.54, 1.807) is 6.08 Å². The van der Waals surface area contributed by atoms with Gasteiger partial charge in [0.05, 0.1) is 12.1 Å². The van der Waals surface area contributed by atoms with Crippen molar-refractivity contribution in [2.75, 3.05) is 13.1 Å². The van der Waals surface area contributed by atoms with Gasteiger partial charge in [-0.1, -0.05) is 17.7 Å². The van der Waals surface area contributed by atoms with Crippen molar-refractivity contribution in [3.05, 3.63) is 46.0 Å². The molecule has 0 saturated carbocycles. The standard InChI is InChI=1S/C12H8ClF4NO/c13-6-2-1-3-18(5-6)12(19)7-4-8(14)10(16)11(17)9(7)15/h2,4H,1,3,5H2. The van der Waals surface area contributed by atoms with Crippen molar-refractivity contribution in [3.63, 3.8) is 0 Å². The second-order valence-corrected chi connectivity index (χ2v) is 4.50. The molecule has 1 heterocycles. The maximum absolute atomic E-state index is 13.5. The maximum Gasteiger partial charge on any atom is 0.257 e. The number of halogens is 5. The van der Waals surface area contributed by atoms with Gasteiger partial charge in [-0.2, -0.15) is 0 Å². The third-order valence-electron chi connectivity index (χ3n) is 2.73. The van der Waals surface area contributed by atoms with Crippen LogP contribution in [0.3, 0.4) is 0 Å². The minimum absolute atomic E-state index is 0.0282. The molecule has 0 aliphatic carbocycles. The van der Waals surface area contributed by atoms with E-state index in [0.29, 0.717) is 17.5 Å². The van der Waals surface area contributed by atoms with Crippen LogP contribution < -0.4 is 0 Å². The molecule has 1 aromatic rings. The second kappa shape index (κ2) is 5.21. The van der Waals surface area contributed by atoms with E-state index in [9.17, 15) is 22.4 Å². The van der Waals surface area contributed by atoms with E-state index in [1.165, 1.54) is 0 Å². The topological polar surface area (TPSA) is 20.3 Å². The lowest BCUT2D eigenvalue weighted by molar-refractivity contribution is 0.0762. The minimum Gasteiger partial charge on any atom is -0.333 e. The summed E-state index contributed by atoms with van der Waals surface area (Å²) in [5, 5.41) is 0.378. The zero-order chi connectivity index (χ0) is 14.2. The molecular formula is C12H8ClF4NO. The Labute approximate surface area is 111 Å². The van der Waals surface area contributed by atoms with Crippen molar-refractivity contribution in [2.24, 2.45) is 0 Å². The van der Waals surface area contributed by atoms with E-state index in [1.807, 2.05) is 0 Å². The third kappa shape index (κ3) is 2.58. The Kier molecular flexibility index (Phi) is 3.80. The normalized spacial score (nSPS) is 15.4. The van der Waals surface area contributed by atoms with Crippen LogP contribution in [0.25, 0.3) is 0 Å². The van der Waals surface area contributed by atoms with Crippen LogP contribution in [0.15, 0.2) is 17.2 Å². The first kappa shape index (κ1) is 13.9. The van der Waals surface area contributed by atoms with Crippen LogP contribution in [0.1, 0.15) is 16.8 Å². The summed E-state index contributed by atoms with van der Waals surface area (Å²) in [4.78, 5) is 13.1. The molecule has 1 aliphatic rings. The Morgan fingerprint density at radius 1 is 1.16 bits per heavy atom. The number of carbonyl (C=O) groups excluding carboxylic acids is 1. The quantitative estimate of drug-likeness (QED) is 0.442. The molecule has 0 radical (unpaired) electrons. The average molecular weight is 294 g/mol. The number of amides is 1. The smallest absolute Gasteiger partial charge is 0.257 e. The largest absolute Gasteiger partial charge is 0.333 e. The fourth-order valence-electron chi connectivity index (χ4n) is 1.78. The number of benzene rings is 1. The van der Waals surface area contributed by atoms with E-state index >= 15 is 0 Å². The molecule has 0 spiro atoms. The van der Waals surface area contributed by atoms with Crippen molar-refractivity contribution in [3.8, 4) is 0 Å². The molecular weight excluding hydrogens is 286 g/mol. The monoisotopic (exact) mass is 293 g/mol. The Morgan fingerprint density at radius 2 is 1.84 bits per heavy atom. The number of carbonyl (C=O) groups is 1. The molecule has 0 aromatic heterocycles. The highest BCUT2D eigenvalue weighted by Gasteiger charge is 2.27. The van der Waals surface area contributed by atoms with Gasteiger partial charge >= 0.3 is 0 Å². The summed E-state index contributed by atoms with van der Waals surface area (Å²) < 4.78 is 52.4. The molecule has 0 saturated heterocycles. The molecule has 0 fully saturated rings. The summed E-state index contributed by atoms with van der Waals surface area (Å²) in [5.74, 6) is -8.18. The van der Waals surface area contributed by atoms with E-state index in [-0.39, 0.29) is 13.1 Å². The Bertz CT molecular complexity index is 573. The van der Waals surface area contributed by atoms with Gasteiger partial charge in [-0.15, -0.1) is 0 Å². The molecule has 2 rings (SSSR count). The van der Waals surface area contributed by atoms with Crippen molar-refractivity contribution in [1.82, 2.24) is 4.90 Å². The van der Waals surface area contributed by atoms with Crippen molar-refractivity contribution in [2.45, 2.75) is 6.42 Å². The fourth-order valence-corrected chi connectivity index (χ4v) is 2.03. The number of hydrogen-bond donors (Lipinski definition) is 0. The van der Waals surface area contributed by atoms with E-state index in [2.05, 4.69) is 0 Å². The first-order chi connectivity index (χ1) is 8.91. The number of nitrogens with zero attached hydrogens (tertiary/aromatic N) is 1. The molecule has 102 valence electrons. The van der Waals surface area contributed by atoms with Crippen molar-refractivity contribution in [1.29, 1.82) is 0 Å². The van der Waals surface area contributed by atoms with E-state index in [0.717, 1.165) is 4.90 Å². The lowest BCUT2D eigenvalue weighted by Crippen LogP contribution is -2.35. The van der Waals surface area contributed by atoms with E-state index < -0.39 is 34.7 Å². The van der Waals surface area contributed by atoms with Crippen molar-refractivity contribution < 1.29 is 22.4 Å². The lowest BCUT2D eigenvalue weighted by Gasteiger charge is -2.25. The van der Waals surface area contributed by atoms with Crippen molar-refractivity contribution >= 4 is 17.5 Å². The van der Waals surface area contributed by atoms with Gasteiger partial charge in [0.15, 0.2) is 23.3 Å². The Morgan fingerprint density at radius 3 is 2.47 bits per heavy atom. The molecule has 2 nitrogen and oxygen atoms in total.